The van der Waals surface area contributed by atoms with Gasteiger partial charge in [0, 0.05) is 16.2 Å². The van der Waals surface area contributed by atoms with E-state index in [1.165, 1.54) is 26.7 Å². The fraction of sp³-hybridized carbons (Fsp3) is 0.0500. The summed E-state index contributed by atoms with van der Waals surface area (Å²) in [6, 6.07) is 27.3. The largest absolute Gasteiger partial charge is 0.302 e. The average Bonchev–Trinajstić information content (AvgIpc) is 2.60. The minimum Gasteiger partial charge on any atom is -0.302 e. The second kappa shape index (κ2) is 6.19. The maximum atomic E-state index is 5.83. The molecule has 1 aliphatic rings. The van der Waals surface area contributed by atoms with E-state index in [0.29, 0.717) is 0 Å². The van der Waals surface area contributed by atoms with Gasteiger partial charge in [-0.25, -0.2) is 0 Å². The van der Waals surface area contributed by atoms with Crippen LogP contribution in [0.1, 0.15) is 5.56 Å². The van der Waals surface area contributed by atoms with Crippen LogP contribution >= 0.6 is 24.0 Å². The lowest BCUT2D eigenvalue weighted by Crippen LogP contribution is -2.28. The molecule has 0 aliphatic carbocycles. The normalized spacial score (nSPS) is 12.4. The van der Waals surface area contributed by atoms with Gasteiger partial charge in [0.15, 0.2) is 0 Å². The molecule has 0 N–H and O–H groups in total. The molecular formula is C20H15NS2. The van der Waals surface area contributed by atoms with E-state index in [-0.39, 0.29) is 0 Å². The zero-order valence-electron chi connectivity index (χ0n) is 12.5. The van der Waals surface area contributed by atoms with Gasteiger partial charge in [-0.15, -0.1) is 0 Å². The lowest BCUT2D eigenvalue weighted by atomic mass is 10.1. The molecule has 0 saturated carbocycles. The molecule has 3 aromatic carbocycles. The minimum absolute atomic E-state index is 0.767. The van der Waals surface area contributed by atoms with E-state index in [4.69, 9.17) is 12.2 Å². The standard InChI is InChI=1S/C20H15NS2/c22-20(14-15-8-2-1-3-9-15)21-16-10-4-6-12-18(16)23-19-13-7-5-11-17(19)21/h1-13H,14H2. The van der Waals surface area contributed by atoms with Crippen molar-refractivity contribution >= 4 is 40.3 Å². The summed E-state index contributed by atoms with van der Waals surface area (Å²) in [6.45, 7) is 0. The number of para-hydroxylation sites is 2. The Hall–Kier alpha value is -2.10. The molecular weight excluding hydrogens is 318 g/mol. The van der Waals surface area contributed by atoms with E-state index < -0.39 is 0 Å². The fourth-order valence-electron chi connectivity index (χ4n) is 2.82. The predicted molar refractivity (Wildman–Crippen MR) is 102 cm³/mol. The quantitative estimate of drug-likeness (QED) is 0.541. The van der Waals surface area contributed by atoms with Crippen LogP contribution in [0.15, 0.2) is 88.7 Å². The Labute approximate surface area is 146 Å². The Kier molecular flexibility index (Phi) is 3.90. The third-order valence-electron chi connectivity index (χ3n) is 3.88. The third kappa shape index (κ3) is 2.78. The molecule has 0 fully saturated rings. The van der Waals surface area contributed by atoms with Gasteiger partial charge in [0.05, 0.1) is 16.4 Å². The molecule has 1 aliphatic heterocycles. The minimum atomic E-state index is 0.767. The number of anilines is 2. The highest BCUT2D eigenvalue weighted by Crippen LogP contribution is 2.48. The van der Waals surface area contributed by atoms with Crippen molar-refractivity contribution in [3.8, 4) is 0 Å². The summed E-state index contributed by atoms with van der Waals surface area (Å²) in [5.41, 5.74) is 3.60. The smallest absolute Gasteiger partial charge is 0.0914 e. The molecule has 0 atom stereocenters. The first kappa shape index (κ1) is 14.5. The molecule has 23 heavy (non-hydrogen) atoms. The molecule has 0 radical (unpaired) electrons. The topological polar surface area (TPSA) is 3.24 Å². The van der Waals surface area contributed by atoms with Crippen molar-refractivity contribution in [1.82, 2.24) is 0 Å². The Morgan fingerprint density at radius 2 is 1.26 bits per heavy atom. The molecule has 0 aromatic heterocycles. The Morgan fingerprint density at radius 1 is 0.739 bits per heavy atom. The number of fused-ring (bicyclic) bond motifs is 2. The van der Waals surface area contributed by atoms with Crippen molar-refractivity contribution in [3.05, 3.63) is 84.4 Å². The van der Waals surface area contributed by atoms with E-state index in [2.05, 4.69) is 77.7 Å². The van der Waals surface area contributed by atoms with Crippen LogP contribution in [0.4, 0.5) is 11.4 Å². The highest BCUT2D eigenvalue weighted by molar-refractivity contribution is 7.99. The van der Waals surface area contributed by atoms with Gasteiger partial charge in [0.25, 0.3) is 0 Å². The summed E-state index contributed by atoms with van der Waals surface area (Å²) in [5.74, 6) is 0. The van der Waals surface area contributed by atoms with Gasteiger partial charge < -0.3 is 4.90 Å². The molecule has 1 nitrogen and oxygen atoms in total. The van der Waals surface area contributed by atoms with Crippen LogP contribution in [0.2, 0.25) is 0 Å². The van der Waals surface area contributed by atoms with E-state index in [0.717, 1.165) is 11.4 Å². The zero-order chi connectivity index (χ0) is 15.6. The van der Waals surface area contributed by atoms with Crippen LogP contribution < -0.4 is 4.90 Å². The summed E-state index contributed by atoms with van der Waals surface area (Å²) in [4.78, 5) is 5.66. The summed E-state index contributed by atoms with van der Waals surface area (Å²) in [5, 5.41) is 0. The Balaban J connectivity index is 1.77. The van der Waals surface area contributed by atoms with Crippen LogP contribution in [0.3, 0.4) is 0 Å². The second-order valence-corrected chi connectivity index (χ2v) is 6.98. The molecule has 3 aromatic rings. The van der Waals surface area contributed by atoms with Gasteiger partial charge in [-0.3, -0.25) is 0 Å². The summed E-state index contributed by atoms with van der Waals surface area (Å²) < 4.78 is 0. The van der Waals surface area contributed by atoms with E-state index in [1.54, 1.807) is 0 Å². The highest BCUT2D eigenvalue weighted by atomic mass is 32.2. The van der Waals surface area contributed by atoms with Crippen LogP contribution in [0, 0.1) is 0 Å². The second-order valence-electron chi connectivity index (χ2n) is 5.43. The molecule has 3 heteroatoms. The number of hydrogen-bond donors (Lipinski definition) is 0. The lowest BCUT2D eigenvalue weighted by Gasteiger charge is -2.33. The van der Waals surface area contributed by atoms with Gasteiger partial charge in [0.1, 0.15) is 0 Å². The van der Waals surface area contributed by atoms with Crippen LogP contribution in [0.25, 0.3) is 0 Å². The van der Waals surface area contributed by atoms with Crippen LogP contribution in [0.5, 0.6) is 0 Å². The molecule has 0 saturated heterocycles. The number of benzene rings is 3. The fourth-order valence-corrected chi connectivity index (χ4v) is 4.24. The average molecular weight is 333 g/mol. The first-order valence-corrected chi connectivity index (χ1v) is 8.78. The van der Waals surface area contributed by atoms with Gasteiger partial charge in [0.2, 0.25) is 0 Å². The Bertz CT molecular complexity index is 813. The van der Waals surface area contributed by atoms with Crippen molar-refractivity contribution in [2.45, 2.75) is 16.2 Å². The van der Waals surface area contributed by atoms with Crippen molar-refractivity contribution in [3.63, 3.8) is 0 Å². The number of hydrogen-bond acceptors (Lipinski definition) is 2. The Morgan fingerprint density at radius 3 is 1.87 bits per heavy atom. The lowest BCUT2D eigenvalue weighted by molar-refractivity contribution is 1.18. The van der Waals surface area contributed by atoms with Gasteiger partial charge >= 0.3 is 0 Å². The van der Waals surface area contributed by atoms with Crippen LogP contribution in [-0.2, 0) is 6.42 Å². The summed E-state index contributed by atoms with van der Waals surface area (Å²) in [7, 11) is 0. The van der Waals surface area contributed by atoms with Gasteiger partial charge in [-0.1, -0.05) is 78.6 Å². The number of nitrogens with zero attached hydrogens (tertiary/aromatic N) is 1. The van der Waals surface area contributed by atoms with Crippen molar-refractivity contribution in [1.29, 1.82) is 0 Å². The first-order chi connectivity index (χ1) is 11.3. The number of rotatable bonds is 2. The van der Waals surface area contributed by atoms with E-state index in [9.17, 15) is 0 Å². The van der Waals surface area contributed by atoms with Crippen molar-refractivity contribution in [2.24, 2.45) is 0 Å². The molecule has 1 heterocycles. The number of thiocarbonyl (C=S) groups is 1. The predicted octanol–water partition coefficient (Wildman–Crippen LogP) is 5.86. The molecule has 0 unspecified atom stereocenters. The molecule has 4 rings (SSSR count). The maximum absolute atomic E-state index is 5.83. The molecule has 0 amide bonds. The highest BCUT2D eigenvalue weighted by Gasteiger charge is 2.25. The van der Waals surface area contributed by atoms with Crippen molar-refractivity contribution < 1.29 is 0 Å². The van der Waals surface area contributed by atoms with Gasteiger partial charge in [-0.05, 0) is 29.8 Å². The zero-order valence-corrected chi connectivity index (χ0v) is 14.1. The van der Waals surface area contributed by atoms with Gasteiger partial charge in [-0.2, -0.15) is 0 Å². The van der Waals surface area contributed by atoms with Crippen LogP contribution in [-0.4, -0.2) is 4.99 Å². The molecule has 0 spiro atoms. The summed E-state index contributed by atoms with van der Waals surface area (Å²) in [6.07, 6.45) is 0.767. The molecule has 112 valence electrons. The van der Waals surface area contributed by atoms with E-state index in [1.807, 2.05) is 17.8 Å². The third-order valence-corrected chi connectivity index (χ3v) is 5.34. The summed E-state index contributed by atoms with van der Waals surface area (Å²) >= 11 is 7.63. The first-order valence-electron chi connectivity index (χ1n) is 7.56. The SMILES string of the molecule is S=C(Cc1ccccc1)N1c2ccccc2Sc2ccccc21. The maximum Gasteiger partial charge on any atom is 0.0914 e. The monoisotopic (exact) mass is 333 g/mol. The van der Waals surface area contributed by atoms with Crippen molar-refractivity contribution in [2.75, 3.05) is 4.90 Å². The molecule has 0 bridgehead atoms. The van der Waals surface area contributed by atoms with E-state index >= 15 is 0 Å².